The van der Waals surface area contributed by atoms with Crippen molar-refractivity contribution in [3.8, 4) is 0 Å². The molecule has 190 valence electrons. The molecule has 1 unspecified atom stereocenters. The summed E-state index contributed by atoms with van der Waals surface area (Å²) in [7, 11) is 1.88. The van der Waals surface area contributed by atoms with Crippen molar-refractivity contribution in [2.24, 2.45) is 0 Å². The van der Waals surface area contributed by atoms with Crippen molar-refractivity contribution >= 4 is 48.4 Å². The summed E-state index contributed by atoms with van der Waals surface area (Å²) in [5, 5.41) is 0.832. The monoisotopic (exact) mass is 572 g/mol. The van der Waals surface area contributed by atoms with Crippen molar-refractivity contribution < 1.29 is 4.79 Å². The topological polar surface area (TPSA) is 23.6 Å². The van der Waals surface area contributed by atoms with Crippen LogP contribution in [0.4, 0.5) is 10.5 Å². The predicted octanol–water partition coefficient (Wildman–Crippen LogP) is 7.07. The second kappa shape index (κ2) is 10.4. The Hall–Kier alpha value is -2.94. The maximum atomic E-state index is 13.1. The van der Waals surface area contributed by atoms with Crippen molar-refractivity contribution in [2.75, 3.05) is 18.5 Å². The summed E-state index contributed by atoms with van der Waals surface area (Å²) in [5.41, 5.74) is 2.15. The van der Waals surface area contributed by atoms with Gasteiger partial charge in [0.1, 0.15) is 0 Å². The molecule has 1 saturated heterocycles. The minimum absolute atomic E-state index is 0.0794. The number of carbonyl (C=O) groups is 1. The van der Waals surface area contributed by atoms with Gasteiger partial charge in [0, 0.05) is 0 Å². The summed E-state index contributed by atoms with van der Waals surface area (Å²) in [6.45, 7) is 2.98. The Morgan fingerprint density at radius 3 is 1.68 bits per heavy atom. The summed E-state index contributed by atoms with van der Waals surface area (Å²) in [5.74, 6) is 0. The van der Waals surface area contributed by atoms with Gasteiger partial charge in [-0.1, -0.05) is 0 Å². The van der Waals surface area contributed by atoms with Gasteiger partial charge in [0.2, 0.25) is 0 Å². The first-order chi connectivity index (χ1) is 17.9. The van der Waals surface area contributed by atoms with E-state index in [1.807, 2.05) is 11.9 Å². The van der Waals surface area contributed by atoms with Crippen LogP contribution in [0.25, 0.3) is 0 Å². The second-order valence-electron chi connectivity index (χ2n) is 10.0. The van der Waals surface area contributed by atoms with E-state index in [0.717, 1.165) is 31.2 Å². The SMILES string of the molecule is CC1CCCN1C(=O)N(C)c1ccc(CP(Br)(c2ccccc2)(c2ccccc2)c2ccccc2)cc1. The van der Waals surface area contributed by atoms with Gasteiger partial charge in [-0.15, -0.1) is 0 Å². The molecule has 2 amide bonds. The molecule has 0 spiro atoms. The molecule has 1 fully saturated rings. The molecule has 0 N–H and O–H groups in total. The van der Waals surface area contributed by atoms with Crippen molar-refractivity contribution in [3.05, 3.63) is 121 Å². The Morgan fingerprint density at radius 1 is 0.811 bits per heavy atom. The molecule has 0 bridgehead atoms. The van der Waals surface area contributed by atoms with Crippen LogP contribution in [0.5, 0.6) is 0 Å². The molecule has 1 aliphatic rings. The van der Waals surface area contributed by atoms with Gasteiger partial charge in [-0.05, 0) is 0 Å². The summed E-state index contributed by atoms with van der Waals surface area (Å²) in [4.78, 5) is 16.9. The van der Waals surface area contributed by atoms with E-state index in [4.69, 9.17) is 0 Å². The van der Waals surface area contributed by atoms with E-state index in [0.29, 0.717) is 6.04 Å². The zero-order valence-electron chi connectivity index (χ0n) is 21.5. The number of halogens is 1. The van der Waals surface area contributed by atoms with Crippen LogP contribution in [-0.4, -0.2) is 30.6 Å². The zero-order chi connectivity index (χ0) is 25.9. The van der Waals surface area contributed by atoms with Crippen molar-refractivity contribution in [1.82, 2.24) is 4.90 Å². The third kappa shape index (κ3) is 4.62. The van der Waals surface area contributed by atoms with Gasteiger partial charge in [0.25, 0.3) is 0 Å². The molecule has 0 saturated carbocycles. The molecule has 1 heterocycles. The standard InChI is InChI=1S/C32H34BrN2OP/c1-26-13-12-24-35(26)32(36)34(2)28-22-20-27(21-23-28)25-37(33,29-14-6-3-7-15-29,30-16-8-4-9-17-30)31-18-10-5-11-19-31/h3-11,14-23,26H,12-13,24-25H2,1-2H3. The van der Waals surface area contributed by atoms with Crippen LogP contribution in [0.3, 0.4) is 0 Å². The molecule has 5 rings (SSSR count). The fourth-order valence-electron chi connectivity index (χ4n) is 5.63. The molecule has 37 heavy (non-hydrogen) atoms. The van der Waals surface area contributed by atoms with Gasteiger partial charge >= 0.3 is 229 Å². The molecule has 3 nitrogen and oxygen atoms in total. The molecule has 5 heteroatoms. The van der Waals surface area contributed by atoms with Crippen molar-refractivity contribution in [2.45, 2.75) is 32.0 Å². The summed E-state index contributed by atoms with van der Waals surface area (Å²) in [6.07, 6.45) is 2.98. The Morgan fingerprint density at radius 2 is 1.27 bits per heavy atom. The Kier molecular flexibility index (Phi) is 7.25. The second-order valence-corrected chi connectivity index (χ2v) is 19.0. The number of carbonyl (C=O) groups excluding carboxylic acids is 1. The van der Waals surface area contributed by atoms with E-state index in [-0.39, 0.29) is 6.03 Å². The van der Waals surface area contributed by atoms with Gasteiger partial charge in [0.05, 0.1) is 0 Å². The molecule has 0 aromatic heterocycles. The first kappa shape index (κ1) is 25.7. The number of urea groups is 1. The van der Waals surface area contributed by atoms with E-state index < -0.39 is 5.31 Å². The van der Waals surface area contributed by atoms with Gasteiger partial charge in [-0.3, -0.25) is 0 Å². The average molecular weight is 574 g/mol. The molecule has 1 aliphatic heterocycles. The molecular formula is C32H34BrN2OP. The van der Waals surface area contributed by atoms with Crippen LogP contribution in [0.1, 0.15) is 25.3 Å². The average Bonchev–Trinajstić information content (AvgIpc) is 3.40. The van der Waals surface area contributed by atoms with Crippen molar-refractivity contribution in [1.29, 1.82) is 0 Å². The van der Waals surface area contributed by atoms with Crippen LogP contribution in [0.2, 0.25) is 0 Å². The summed E-state index contributed by atoms with van der Waals surface area (Å²) < 4.78 is 0. The first-order valence-corrected chi connectivity index (χ1v) is 17.4. The normalized spacial score (nSPS) is 16.7. The Balaban J connectivity index is 1.58. The van der Waals surface area contributed by atoms with Crippen LogP contribution in [0.15, 0.2) is 115 Å². The van der Waals surface area contributed by atoms with Gasteiger partial charge in [-0.2, -0.15) is 0 Å². The first-order valence-electron chi connectivity index (χ1n) is 12.9. The van der Waals surface area contributed by atoms with Gasteiger partial charge < -0.3 is 0 Å². The number of amides is 2. The van der Waals surface area contributed by atoms with E-state index in [2.05, 4.69) is 138 Å². The van der Waals surface area contributed by atoms with Crippen LogP contribution >= 0.6 is 20.8 Å². The Labute approximate surface area is 228 Å². The third-order valence-electron chi connectivity index (χ3n) is 7.77. The number of hydrogen-bond acceptors (Lipinski definition) is 1. The van der Waals surface area contributed by atoms with Crippen molar-refractivity contribution in [3.63, 3.8) is 0 Å². The number of benzene rings is 4. The van der Waals surface area contributed by atoms with Crippen LogP contribution in [0, 0.1) is 0 Å². The number of rotatable bonds is 6. The number of hydrogen-bond donors (Lipinski definition) is 0. The van der Waals surface area contributed by atoms with Gasteiger partial charge in [0.15, 0.2) is 0 Å². The van der Waals surface area contributed by atoms with E-state index in [1.54, 1.807) is 4.90 Å². The zero-order valence-corrected chi connectivity index (χ0v) is 24.0. The van der Waals surface area contributed by atoms with E-state index >= 15 is 0 Å². The summed E-state index contributed by atoms with van der Waals surface area (Å²) >= 11 is 4.54. The molecule has 0 aliphatic carbocycles. The molecular weight excluding hydrogens is 539 g/mol. The Bertz CT molecular complexity index is 1250. The van der Waals surface area contributed by atoms with E-state index in [1.165, 1.54) is 21.5 Å². The quantitative estimate of drug-likeness (QED) is 0.227. The van der Waals surface area contributed by atoms with Gasteiger partial charge in [-0.25, -0.2) is 0 Å². The summed E-state index contributed by atoms with van der Waals surface area (Å²) in [6, 6.07) is 41.5. The molecule has 4 aromatic carbocycles. The fourth-order valence-corrected chi connectivity index (χ4v) is 13.3. The van der Waals surface area contributed by atoms with E-state index in [9.17, 15) is 4.79 Å². The molecule has 1 atom stereocenters. The number of likely N-dealkylation sites (tertiary alicyclic amines) is 1. The molecule has 4 aromatic rings. The third-order valence-corrected chi connectivity index (χ3v) is 17.3. The minimum atomic E-state index is -3.06. The van der Waals surface area contributed by atoms with Crippen LogP contribution < -0.4 is 20.8 Å². The van der Waals surface area contributed by atoms with Crippen LogP contribution in [-0.2, 0) is 6.16 Å². The predicted molar refractivity (Wildman–Crippen MR) is 163 cm³/mol. The fraction of sp³-hybridized carbons (Fsp3) is 0.219. The number of nitrogens with zero attached hydrogens (tertiary/aromatic N) is 2. The maximum absolute atomic E-state index is 13.1. The molecule has 0 radical (unpaired) electrons. The number of anilines is 1.